The molecule has 0 radical (unpaired) electrons. The molecule has 2 heterocycles. The number of anilines is 1. The van der Waals surface area contributed by atoms with E-state index in [0.717, 1.165) is 0 Å². The fourth-order valence-electron chi connectivity index (χ4n) is 1.43. The van der Waals surface area contributed by atoms with Gasteiger partial charge in [0.15, 0.2) is 5.69 Å². The number of furan rings is 1. The van der Waals surface area contributed by atoms with E-state index in [1.165, 1.54) is 18.5 Å². The van der Waals surface area contributed by atoms with E-state index in [4.69, 9.17) is 9.52 Å². The number of nitrogens with one attached hydrogen (secondary N) is 1. The molecular weight excluding hydrogens is 236 g/mol. The Morgan fingerprint density at radius 3 is 2.83 bits per heavy atom. The van der Waals surface area contributed by atoms with Crippen molar-refractivity contribution >= 4 is 17.6 Å². The van der Waals surface area contributed by atoms with Crippen LogP contribution in [0, 0.1) is 6.92 Å². The van der Waals surface area contributed by atoms with Crippen LogP contribution in [0.25, 0.3) is 0 Å². The maximum absolute atomic E-state index is 11.8. The van der Waals surface area contributed by atoms with E-state index in [0.29, 0.717) is 11.3 Å². The van der Waals surface area contributed by atoms with E-state index >= 15 is 0 Å². The van der Waals surface area contributed by atoms with Crippen molar-refractivity contribution in [2.75, 3.05) is 5.32 Å². The lowest BCUT2D eigenvalue weighted by atomic mass is 10.2. The lowest BCUT2D eigenvalue weighted by Gasteiger charge is -2.05. The minimum atomic E-state index is -1.20. The molecule has 1 amide bonds. The minimum absolute atomic E-state index is 0.147. The van der Waals surface area contributed by atoms with Crippen LogP contribution < -0.4 is 5.32 Å². The van der Waals surface area contributed by atoms with Crippen LogP contribution in [-0.4, -0.2) is 22.0 Å². The van der Waals surface area contributed by atoms with Gasteiger partial charge >= 0.3 is 5.97 Å². The molecule has 0 fully saturated rings. The first kappa shape index (κ1) is 11.8. The second kappa shape index (κ2) is 4.70. The second-order valence-corrected chi connectivity index (χ2v) is 3.60. The largest absolute Gasteiger partial charge is 0.476 e. The Hall–Kier alpha value is -2.63. The Morgan fingerprint density at radius 2 is 2.22 bits per heavy atom. The van der Waals surface area contributed by atoms with Gasteiger partial charge in [0.2, 0.25) is 0 Å². The molecule has 2 rings (SSSR count). The SMILES string of the molecule is Cc1cc(C(=O)Nc2cccnc2C(=O)O)co1. The first-order valence-corrected chi connectivity index (χ1v) is 5.12. The van der Waals surface area contributed by atoms with Crippen molar-refractivity contribution in [1.82, 2.24) is 4.98 Å². The number of amides is 1. The number of aryl methyl sites for hydroxylation is 1. The van der Waals surface area contributed by atoms with Crippen molar-refractivity contribution in [3.63, 3.8) is 0 Å². The Balaban J connectivity index is 2.24. The van der Waals surface area contributed by atoms with Gasteiger partial charge in [-0.05, 0) is 25.1 Å². The van der Waals surface area contributed by atoms with E-state index in [2.05, 4.69) is 10.3 Å². The van der Waals surface area contributed by atoms with Gasteiger partial charge in [0.1, 0.15) is 12.0 Å². The highest BCUT2D eigenvalue weighted by atomic mass is 16.4. The molecule has 0 aliphatic heterocycles. The number of carboxylic acids is 1. The summed E-state index contributed by atoms with van der Waals surface area (Å²) in [6, 6.07) is 4.58. The predicted molar refractivity (Wildman–Crippen MR) is 62.6 cm³/mol. The van der Waals surface area contributed by atoms with Gasteiger partial charge in [0, 0.05) is 6.20 Å². The molecule has 2 N–H and O–H groups in total. The van der Waals surface area contributed by atoms with Crippen LogP contribution >= 0.6 is 0 Å². The van der Waals surface area contributed by atoms with Gasteiger partial charge in [-0.15, -0.1) is 0 Å². The van der Waals surface area contributed by atoms with Gasteiger partial charge in [-0.1, -0.05) is 0 Å². The standard InChI is InChI=1S/C12H10N2O4/c1-7-5-8(6-18-7)11(15)14-9-3-2-4-13-10(9)12(16)17/h2-6H,1H3,(H,14,15)(H,16,17). The topological polar surface area (TPSA) is 92.4 Å². The molecule has 18 heavy (non-hydrogen) atoms. The predicted octanol–water partition coefficient (Wildman–Crippen LogP) is 1.93. The van der Waals surface area contributed by atoms with Crippen molar-refractivity contribution in [2.45, 2.75) is 6.92 Å². The summed E-state index contributed by atoms with van der Waals surface area (Å²) in [6.45, 7) is 1.71. The highest BCUT2D eigenvalue weighted by Crippen LogP contribution is 2.14. The molecule has 0 saturated heterocycles. The zero-order chi connectivity index (χ0) is 13.1. The molecule has 0 saturated carbocycles. The number of carbonyl (C=O) groups excluding carboxylic acids is 1. The lowest BCUT2D eigenvalue weighted by Crippen LogP contribution is -2.15. The third-order valence-corrected chi connectivity index (χ3v) is 2.25. The maximum atomic E-state index is 11.8. The summed E-state index contributed by atoms with van der Waals surface area (Å²) in [7, 11) is 0. The molecule has 2 aromatic rings. The van der Waals surface area contributed by atoms with Crippen LogP contribution in [0.15, 0.2) is 35.1 Å². The molecule has 6 heteroatoms. The quantitative estimate of drug-likeness (QED) is 0.863. The number of rotatable bonds is 3. The van der Waals surface area contributed by atoms with Crippen LogP contribution in [0.4, 0.5) is 5.69 Å². The van der Waals surface area contributed by atoms with Crippen molar-refractivity contribution in [3.05, 3.63) is 47.7 Å². The van der Waals surface area contributed by atoms with E-state index in [1.807, 2.05) is 0 Å². The summed E-state index contributed by atoms with van der Waals surface area (Å²) in [5, 5.41) is 11.4. The molecule has 0 aliphatic rings. The van der Waals surface area contributed by atoms with Crippen LogP contribution in [0.1, 0.15) is 26.6 Å². The summed E-state index contributed by atoms with van der Waals surface area (Å²) in [6.07, 6.45) is 2.66. The Kier molecular flexibility index (Phi) is 3.09. The van der Waals surface area contributed by atoms with Crippen molar-refractivity contribution in [2.24, 2.45) is 0 Å². The number of nitrogens with zero attached hydrogens (tertiary/aromatic N) is 1. The molecule has 2 aromatic heterocycles. The molecule has 0 aromatic carbocycles. The molecule has 0 bridgehead atoms. The Bertz CT molecular complexity index is 604. The monoisotopic (exact) mass is 246 g/mol. The molecular formula is C12H10N2O4. The minimum Gasteiger partial charge on any atom is -0.476 e. The highest BCUT2D eigenvalue weighted by molar-refractivity contribution is 6.07. The van der Waals surface area contributed by atoms with Crippen molar-refractivity contribution < 1.29 is 19.1 Å². The van der Waals surface area contributed by atoms with Crippen LogP contribution in [-0.2, 0) is 0 Å². The normalized spacial score (nSPS) is 10.1. The van der Waals surface area contributed by atoms with Gasteiger partial charge in [0.25, 0.3) is 5.91 Å². The number of carboxylic acid groups (broad SMARTS) is 1. The second-order valence-electron chi connectivity index (χ2n) is 3.60. The Morgan fingerprint density at radius 1 is 1.44 bits per heavy atom. The van der Waals surface area contributed by atoms with Crippen molar-refractivity contribution in [3.8, 4) is 0 Å². The molecule has 92 valence electrons. The highest BCUT2D eigenvalue weighted by Gasteiger charge is 2.15. The third kappa shape index (κ3) is 2.37. The van der Waals surface area contributed by atoms with Crippen molar-refractivity contribution in [1.29, 1.82) is 0 Å². The van der Waals surface area contributed by atoms with Crippen LogP contribution in [0.5, 0.6) is 0 Å². The van der Waals surface area contributed by atoms with Gasteiger partial charge in [-0.2, -0.15) is 0 Å². The zero-order valence-corrected chi connectivity index (χ0v) is 9.51. The number of hydrogen-bond donors (Lipinski definition) is 2. The number of hydrogen-bond acceptors (Lipinski definition) is 4. The number of aromatic nitrogens is 1. The zero-order valence-electron chi connectivity index (χ0n) is 9.51. The number of aromatic carboxylic acids is 1. The number of pyridine rings is 1. The number of carbonyl (C=O) groups is 2. The lowest BCUT2D eigenvalue weighted by molar-refractivity contribution is 0.0692. The average Bonchev–Trinajstić information content (AvgIpc) is 2.76. The van der Waals surface area contributed by atoms with E-state index in [9.17, 15) is 9.59 Å². The first-order valence-electron chi connectivity index (χ1n) is 5.12. The molecule has 0 atom stereocenters. The van der Waals surface area contributed by atoms with Gasteiger partial charge in [-0.25, -0.2) is 9.78 Å². The molecule has 0 unspecified atom stereocenters. The van der Waals surface area contributed by atoms with Gasteiger partial charge < -0.3 is 14.8 Å². The third-order valence-electron chi connectivity index (χ3n) is 2.25. The van der Waals surface area contributed by atoms with E-state index in [1.54, 1.807) is 19.1 Å². The summed E-state index contributed by atoms with van der Waals surface area (Å²) in [5.41, 5.74) is 0.271. The fourth-order valence-corrected chi connectivity index (χ4v) is 1.43. The van der Waals surface area contributed by atoms with E-state index in [-0.39, 0.29) is 11.4 Å². The van der Waals surface area contributed by atoms with Gasteiger partial charge in [-0.3, -0.25) is 4.79 Å². The summed E-state index contributed by atoms with van der Waals surface area (Å²) >= 11 is 0. The van der Waals surface area contributed by atoms with Crippen LogP contribution in [0.2, 0.25) is 0 Å². The molecule has 6 nitrogen and oxygen atoms in total. The van der Waals surface area contributed by atoms with Gasteiger partial charge in [0.05, 0.1) is 11.3 Å². The maximum Gasteiger partial charge on any atom is 0.356 e. The summed E-state index contributed by atoms with van der Waals surface area (Å²) in [5.74, 6) is -1.04. The first-order chi connectivity index (χ1) is 8.58. The van der Waals surface area contributed by atoms with E-state index < -0.39 is 11.9 Å². The van der Waals surface area contributed by atoms with Crippen LogP contribution in [0.3, 0.4) is 0 Å². The smallest absolute Gasteiger partial charge is 0.356 e. The molecule has 0 aliphatic carbocycles. The Labute approximate surface area is 102 Å². The summed E-state index contributed by atoms with van der Waals surface area (Å²) in [4.78, 5) is 26.4. The molecule has 0 spiro atoms. The fraction of sp³-hybridized carbons (Fsp3) is 0.0833. The average molecular weight is 246 g/mol. The summed E-state index contributed by atoms with van der Waals surface area (Å²) < 4.78 is 5.01.